The SMILES string of the molecule is Cc1cc([O][Al])c2c(c1)sc1cncnc12. The van der Waals surface area contributed by atoms with Crippen LogP contribution < -0.4 is 3.79 Å². The first-order chi connectivity index (χ1) is 7.79. The lowest BCUT2D eigenvalue weighted by Crippen LogP contribution is -1.87. The van der Waals surface area contributed by atoms with E-state index in [-0.39, 0.29) is 0 Å². The molecule has 0 aliphatic heterocycles. The van der Waals surface area contributed by atoms with Gasteiger partial charge in [-0.2, -0.15) is 0 Å². The summed E-state index contributed by atoms with van der Waals surface area (Å²) in [4.78, 5) is 8.36. The highest BCUT2D eigenvalue weighted by Crippen LogP contribution is 2.38. The fourth-order valence-corrected chi connectivity index (χ4v) is 3.16. The van der Waals surface area contributed by atoms with Gasteiger partial charge in [0.1, 0.15) is 6.33 Å². The number of rotatable bonds is 1. The molecule has 0 fully saturated rings. The number of aromatic nitrogens is 2. The Morgan fingerprint density at radius 2 is 2.19 bits per heavy atom. The minimum absolute atomic E-state index is 0.852. The molecule has 0 amide bonds. The van der Waals surface area contributed by atoms with Gasteiger partial charge >= 0.3 is 16.6 Å². The van der Waals surface area contributed by atoms with Crippen molar-refractivity contribution in [2.75, 3.05) is 0 Å². The quantitative estimate of drug-likeness (QED) is 0.615. The Kier molecular flexibility index (Phi) is 2.32. The van der Waals surface area contributed by atoms with Crippen LogP contribution in [-0.4, -0.2) is 26.6 Å². The normalized spacial score (nSPS) is 11.1. The van der Waals surface area contributed by atoms with Crippen molar-refractivity contribution in [2.45, 2.75) is 6.92 Å². The van der Waals surface area contributed by atoms with E-state index in [0.29, 0.717) is 0 Å². The molecule has 3 aromatic rings. The summed E-state index contributed by atoms with van der Waals surface area (Å²) in [5.41, 5.74) is 2.15. The van der Waals surface area contributed by atoms with Gasteiger partial charge in [0.25, 0.3) is 0 Å². The summed E-state index contributed by atoms with van der Waals surface area (Å²) in [6.07, 6.45) is 3.41. The van der Waals surface area contributed by atoms with Gasteiger partial charge in [-0.15, -0.1) is 11.3 Å². The van der Waals surface area contributed by atoms with Crippen LogP contribution in [0.25, 0.3) is 20.3 Å². The maximum Gasteiger partial charge on any atom is 0.482 e. The van der Waals surface area contributed by atoms with Gasteiger partial charge in [-0.25, -0.2) is 9.97 Å². The fourth-order valence-electron chi connectivity index (χ4n) is 1.83. The summed E-state index contributed by atoms with van der Waals surface area (Å²) in [7, 11) is 0. The van der Waals surface area contributed by atoms with Gasteiger partial charge in [0.2, 0.25) is 0 Å². The molecule has 0 saturated carbocycles. The molecule has 0 spiro atoms. The molecule has 3 rings (SSSR count). The zero-order valence-electron chi connectivity index (χ0n) is 8.60. The fraction of sp³-hybridized carbons (Fsp3) is 0.0909. The van der Waals surface area contributed by atoms with Gasteiger partial charge in [-0.1, -0.05) is 0 Å². The zero-order chi connectivity index (χ0) is 11.1. The van der Waals surface area contributed by atoms with Crippen molar-refractivity contribution in [3.8, 4) is 5.75 Å². The van der Waals surface area contributed by atoms with Crippen LogP contribution in [0.3, 0.4) is 0 Å². The number of fused-ring (bicyclic) bond motifs is 3. The second-order valence-electron chi connectivity index (χ2n) is 3.59. The van der Waals surface area contributed by atoms with Crippen molar-refractivity contribution < 1.29 is 3.79 Å². The highest BCUT2D eigenvalue weighted by atomic mass is 32.1. The van der Waals surface area contributed by atoms with E-state index in [1.807, 2.05) is 12.3 Å². The van der Waals surface area contributed by atoms with Gasteiger partial charge in [0.15, 0.2) is 0 Å². The monoisotopic (exact) mass is 242 g/mol. The first kappa shape index (κ1) is 10.0. The Morgan fingerprint density at radius 1 is 1.31 bits per heavy atom. The summed E-state index contributed by atoms with van der Waals surface area (Å²) in [5, 5.41) is 1.07. The summed E-state index contributed by atoms with van der Waals surface area (Å²) < 4.78 is 7.61. The van der Waals surface area contributed by atoms with E-state index in [1.165, 1.54) is 10.3 Å². The third-order valence-corrected chi connectivity index (χ3v) is 3.79. The van der Waals surface area contributed by atoms with E-state index < -0.39 is 0 Å². The molecule has 0 atom stereocenters. The number of thiophene rings is 1. The average Bonchev–Trinajstić information content (AvgIpc) is 2.65. The maximum absolute atomic E-state index is 5.34. The van der Waals surface area contributed by atoms with Crippen molar-refractivity contribution >= 4 is 48.3 Å². The minimum atomic E-state index is 0.852. The van der Waals surface area contributed by atoms with E-state index in [0.717, 1.165) is 21.4 Å². The van der Waals surface area contributed by atoms with Gasteiger partial charge in [-0.05, 0) is 24.6 Å². The van der Waals surface area contributed by atoms with Crippen LogP contribution in [0.5, 0.6) is 5.75 Å². The van der Waals surface area contributed by atoms with Gasteiger partial charge in [0, 0.05) is 10.9 Å². The van der Waals surface area contributed by atoms with Crippen LogP contribution >= 0.6 is 11.3 Å². The van der Waals surface area contributed by atoms with Gasteiger partial charge < -0.3 is 3.79 Å². The first-order valence-corrected chi connectivity index (χ1v) is 6.08. The number of benzene rings is 1. The minimum Gasteiger partial charge on any atom is -0.653 e. The zero-order valence-corrected chi connectivity index (χ0v) is 10.6. The molecule has 2 heterocycles. The lowest BCUT2D eigenvalue weighted by atomic mass is 10.1. The number of hydrogen-bond donors (Lipinski definition) is 0. The summed E-state index contributed by atoms with van der Waals surface area (Å²) in [6.45, 7) is 2.06. The molecule has 0 aliphatic rings. The Hall–Kier alpha value is -1.15. The standard InChI is InChI=1S/C11H8N2OS.Al/c1-6-2-7(14)10-8(3-6)15-9-4-12-5-13-11(9)10;/h2-5,14H,1H3;/q;+1/p-1. The van der Waals surface area contributed by atoms with E-state index in [1.54, 1.807) is 17.7 Å². The van der Waals surface area contributed by atoms with Gasteiger partial charge in [-0.3, -0.25) is 0 Å². The van der Waals surface area contributed by atoms with Crippen molar-refractivity contribution in [3.05, 3.63) is 30.2 Å². The second kappa shape index (κ2) is 3.70. The number of hydrogen-bond acceptors (Lipinski definition) is 4. The average molecular weight is 242 g/mol. The molecule has 1 aromatic carbocycles. The van der Waals surface area contributed by atoms with Crippen molar-refractivity contribution in [1.82, 2.24) is 9.97 Å². The van der Waals surface area contributed by atoms with Gasteiger partial charge in [0.05, 0.1) is 21.4 Å². The summed E-state index contributed by atoms with van der Waals surface area (Å²) in [6, 6.07) is 4.17. The predicted octanol–water partition coefficient (Wildman–Crippen LogP) is 2.62. The molecule has 2 radical (unpaired) electrons. The second-order valence-corrected chi connectivity index (χ2v) is 4.91. The molecule has 0 saturated heterocycles. The maximum atomic E-state index is 5.34. The highest BCUT2D eigenvalue weighted by Gasteiger charge is 2.10. The molecule has 2 aromatic heterocycles. The van der Waals surface area contributed by atoms with Crippen LogP contribution in [0.1, 0.15) is 5.56 Å². The van der Waals surface area contributed by atoms with E-state index in [4.69, 9.17) is 3.79 Å². The number of nitrogens with zero attached hydrogens (tertiary/aromatic N) is 2. The largest absolute Gasteiger partial charge is 0.653 e. The summed E-state index contributed by atoms with van der Waals surface area (Å²) >= 11 is 3.98. The van der Waals surface area contributed by atoms with Crippen molar-refractivity contribution in [1.29, 1.82) is 0 Å². The first-order valence-electron chi connectivity index (χ1n) is 4.79. The third-order valence-electron chi connectivity index (χ3n) is 2.47. The molecule has 16 heavy (non-hydrogen) atoms. The molecule has 0 unspecified atom stereocenters. The molecule has 5 heteroatoms. The van der Waals surface area contributed by atoms with Crippen LogP contribution in [0.15, 0.2) is 24.7 Å². The topological polar surface area (TPSA) is 35.0 Å². The molecule has 0 bridgehead atoms. The Bertz CT molecular complexity index is 680. The molecule has 76 valence electrons. The van der Waals surface area contributed by atoms with Crippen LogP contribution in [0.4, 0.5) is 0 Å². The Balaban J connectivity index is 2.55. The number of aryl methyl sites for hydroxylation is 1. The third kappa shape index (κ3) is 1.40. The molecule has 0 N–H and O–H groups in total. The Morgan fingerprint density at radius 3 is 3.00 bits per heavy atom. The van der Waals surface area contributed by atoms with Crippen molar-refractivity contribution in [2.24, 2.45) is 0 Å². The smallest absolute Gasteiger partial charge is 0.482 e. The van der Waals surface area contributed by atoms with Crippen LogP contribution in [0.2, 0.25) is 0 Å². The van der Waals surface area contributed by atoms with Crippen molar-refractivity contribution in [3.63, 3.8) is 0 Å². The van der Waals surface area contributed by atoms with E-state index >= 15 is 0 Å². The van der Waals surface area contributed by atoms with Crippen LogP contribution in [-0.2, 0) is 0 Å². The van der Waals surface area contributed by atoms with E-state index in [9.17, 15) is 0 Å². The lowest BCUT2D eigenvalue weighted by Gasteiger charge is -2.05. The highest BCUT2D eigenvalue weighted by molar-refractivity contribution is 7.25. The van der Waals surface area contributed by atoms with Crippen LogP contribution in [0, 0.1) is 6.92 Å². The molecular weight excluding hydrogens is 235 g/mol. The molecular formula is C11H7AlN2OS. The molecule has 0 aliphatic carbocycles. The Labute approximate surface area is 105 Å². The molecule has 3 nitrogen and oxygen atoms in total. The lowest BCUT2D eigenvalue weighted by molar-refractivity contribution is 0.624. The predicted molar refractivity (Wildman–Crippen MR) is 66.0 cm³/mol. The van der Waals surface area contributed by atoms with E-state index in [2.05, 4.69) is 39.6 Å². The summed E-state index contributed by atoms with van der Waals surface area (Å²) in [5.74, 6) is 0.852.